The van der Waals surface area contributed by atoms with E-state index in [0.29, 0.717) is 16.7 Å². The van der Waals surface area contributed by atoms with E-state index in [9.17, 15) is 0 Å². The van der Waals surface area contributed by atoms with Gasteiger partial charge < -0.3 is 4.74 Å². The third-order valence-corrected chi connectivity index (χ3v) is 7.32. The average molecular weight is 296 g/mol. The van der Waals surface area contributed by atoms with Crippen LogP contribution in [0.4, 0.5) is 0 Å². The first-order chi connectivity index (χ1) is 10.6. The summed E-state index contributed by atoms with van der Waals surface area (Å²) in [6.07, 6.45) is 11.8. The minimum Gasteiger partial charge on any atom is -0.497 e. The van der Waals surface area contributed by atoms with Gasteiger partial charge in [-0.2, -0.15) is 0 Å². The number of rotatable bonds is 2. The Balaban J connectivity index is 1.80. The maximum Gasteiger partial charge on any atom is 0.119 e. The second kappa shape index (κ2) is 4.88. The number of allylic oxidation sites excluding steroid dienone is 1. The van der Waals surface area contributed by atoms with Crippen LogP contribution < -0.4 is 4.74 Å². The van der Waals surface area contributed by atoms with Crippen molar-refractivity contribution in [3.63, 3.8) is 0 Å². The third-order valence-electron chi connectivity index (χ3n) is 7.32. The molecule has 0 amide bonds. The lowest BCUT2D eigenvalue weighted by Crippen LogP contribution is -2.47. The smallest absolute Gasteiger partial charge is 0.119 e. The zero-order valence-electron chi connectivity index (χ0n) is 14.0. The molecule has 3 aliphatic carbocycles. The summed E-state index contributed by atoms with van der Waals surface area (Å²) in [5, 5.41) is 0. The Hall–Kier alpha value is -1.24. The molecule has 118 valence electrons. The molecule has 4 atom stereocenters. The van der Waals surface area contributed by atoms with E-state index in [1.54, 1.807) is 12.7 Å². The van der Waals surface area contributed by atoms with E-state index < -0.39 is 0 Å². The number of hydrogen-bond acceptors (Lipinski definition) is 1. The molecule has 1 aromatic rings. The molecular formula is C21H28O. The molecule has 0 unspecified atom stereocenters. The molecule has 0 radical (unpaired) electrons. The third kappa shape index (κ3) is 1.77. The van der Waals surface area contributed by atoms with Crippen LogP contribution in [0.15, 0.2) is 30.9 Å². The highest BCUT2D eigenvalue weighted by atomic mass is 16.5. The number of aryl methyl sites for hydroxylation is 1. The van der Waals surface area contributed by atoms with Gasteiger partial charge in [0.05, 0.1) is 7.11 Å². The van der Waals surface area contributed by atoms with Crippen molar-refractivity contribution < 1.29 is 4.74 Å². The first-order valence-electron chi connectivity index (χ1n) is 8.93. The van der Waals surface area contributed by atoms with E-state index in [1.807, 2.05) is 0 Å². The molecule has 4 rings (SSSR count). The van der Waals surface area contributed by atoms with Gasteiger partial charge >= 0.3 is 0 Å². The number of ether oxygens (including phenoxy) is 1. The summed E-state index contributed by atoms with van der Waals surface area (Å²) in [5.41, 5.74) is 4.00. The average Bonchev–Trinajstić information content (AvgIpc) is 2.96. The van der Waals surface area contributed by atoms with Gasteiger partial charge in [-0.3, -0.25) is 0 Å². The molecule has 1 nitrogen and oxygen atoms in total. The highest BCUT2D eigenvalue weighted by molar-refractivity contribution is 5.43. The predicted octanol–water partition coefficient (Wildman–Crippen LogP) is 5.50. The highest BCUT2D eigenvalue weighted by Crippen LogP contribution is 2.67. The maximum atomic E-state index is 5.43. The fourth-order valence-corrected chi connectivity index (χ4v) is 6.23. The maximum absolute atomic E-state index is 5.43. The Labute approximate surface area is 134 Å². The Morgan fingerprint density at radius 2 is 2.09 bits per heavy atom. The highest BCUT2D eigenvalue weighted by Gasteiger charge is 2.57. The predicted molar refractivity (Wildman–Crippen MR) is 91.4 cm³/mol. The van der Waals surface area contributed by atoms with Gasteiger partial charge in [0.1, 0.15) is 5.75 Å². The van der Waals surface area contributed by atoms with Crippen LogP contribution in [-0.2, 0) is 6.42 Å². The molecule has 0 spiro atoms. The zero-order valence-corrected chi connectivity index (χ0v) is 14.0. The van der Waals surface area contributed by atoms with Crippen LogP contribution in [0.25, 0.3) is 0 Å². The molecule has 0 N–H and O–H groups in total. The largest absolute Gasteiger partial charge is 0.497 e. The monoisotopic (exact) mass is 296 g/mol. The quantitative estimate of drug-likeness (QED) is 0.655. The molecule has 22 heavy (non-hydrogen) atoms. The van der Waals surface area contributed by atoms with Crippen LogP contribution in [0.2, 0.25) is 0 Å². The SMILES string of the molecule is C=C[C@@]12CCc3cc(OC)ccc3[C@H]1CC[C@]1(C)CCC[C@H]12. The van der Waals surface area contributed by atoms with E-state index >= 15 is 0 Å². The molecule has 1 aromatic carbocycles. The van der Waals surface area contributed by atoms with Gasteiger partial charge in [0.2, 0.25) is 0 Å². The summed E-state index contributed by atoms with van der Waals surface area (Å²) in [5.74, 6) is 2.52. The Bertz CT molecular complexity index is 604. The van der Waals surface area contributed by atoms with E-state index in [2.05, 4.69) is 37.8 Å². The summed E-state index contributed by atoms with van der Waals surface area (Å²) in [6, 6.07) is 6.76. The van der Waals surface area contributed by atoms with E-state index in [0.717, 1.165) is 11.7 Å². The van der Waals surface area contributed by atoms with Crippen molar-refractivity contribution in [2.45, 2.75) is 57.8 Å². The van der Waals surface area contributed by atoms with Crippen LogP contribution in [-0.4, -0.2) is 7.11 Å². The van der Waals surface area contributed by atoms with E-state index in [4.69, 9.17) is 4.74 Å². The molecule has 2 saturated carbocycles. The van der Waals surface area contributed by atoms with Crippen LogP contribution in [0.5, 0.6) is 5.75 Å². The van der Waals surface area contributed by atoms with Crippen molar-refractivity contribution >= 4 is 0 Å². The lowest BCUT2D eigenvalue weighted by atomic mass is 9.47. The van der Waals surface area contributed by atoms with Crippen LogP contribution >= 0.6 is 0 Å². The molecule has 0 aliphatic heterocycles. The number of methoxy groups -OCH3 is 1. The molecule has 3 aliphatic rings. The number of hydrogen-bond donors (Lipinski definition) is 0. The summed E-state index contributed by atoms with van der Waals surface area (Å²) in [7, 11) is 1.77. The first kappa shape index (κ1) is 14.4. The van der Waals surface area contributed by atoms with Crippen LogP contribution in [0, 0.1) is 16.7 Å². The van der Waals surface area contributed by atoms with Crippen molar-refractivity contribution in [2.24, 2.45) is 16.7 Å². The fraction of sp³-hybridized carbons (Fsp3) is 0.619. The lowest BCUT2D eigenvalue weighted by Gasteiger charge is -2.56. The summed E-state index contributed by atoms with van der Waals surface area (Å²) in [4.78, 5) is 0. The first-order valence-corrected chi connectivity index (χ1v) is 8.93. The summed E-state index contributed by atoms with van der Waals surface area (Å²) < 4.78 is 5.43. The van der Waals surface area contributed by atoms with Crippen molar-refractivity contribution in [2.75, 3.05) is 7.11 Å². The molecular weight excluding hydrogens is 268 g/mol. The number of benzene rings is 1. The Morgan fingerprint density at radius 3 is 2.86 bits per heavy atom. The fourth-order valence-electron chi connectivity index (χ4n) is 6.23. The molecule has 1 heteroatoms. The Kier molecular flexibility index (Phi) is 3.18. The molecule has 0 saturated heterocycles. The van der Waals surface area contributed by atoms with Gasteiger partial charge in [-0.25, -0.2) is 0 Å². The van der Waals surface area contributed by atoms with Gasteiger partial charge in [-0.05, 0) is 84.5 Å². The van der Waals surface area contributed by atoms with Crippen molar-refractivity contribution in [3.05, 3.63) is 42.0 Å². The van der Waals surface area contributed by atoms with E-state index in [1.165, 1.54) is 50.5 Å². The minimum absolute atomic E-state index is 0.338. The summed E-state index contributed by atoms with van der Waals surface area (Å²) in [6.45, 7) is 6.88. The summed E-state index contributed by atoms with van der Waals surface area (Å²) >= 11 is 0. The lowest BCUT2D eigenvalue weighted by molar-refractivity contribution is 0.00457. The Morgan fingerprint density at radius 1 is 1.23 bits per heavy atom. The van der Waals surface area contributed by atoms with Gasteiger partial charge in [0.15, 0.2) is 0 Å². The molecule has 2 fully saturated rings. The van der Waals surface area contributed by atoms with Crippen molar-refractivity contribution in [1.29, 1.82) is 0 Å². The standard InChI is InChI=1S/C21H28O/c1-4-21-13-9-15-14-16(22-3)7-8-17(15)18(21)10-12-20(2)11-5-6-19(20)21/h4,7-8,14,18-19H,1,5-6,9-13H2,2-3H3/t18-,19-,20+,21-/m1/s1. The normalized spacial score (nSPS) is 39.5. The van der Waals surface area contributed by atoms with Gasteiger partial charge in [-0.1, -0.05) is 25.5 Å². The van der Waals surface area contributed by atoms with Gasteiger partial charge in [-0.15, -0.1) is 6.58 Å². The number of fused-ring (bicyclic) bond motifs is 5. The van der Waals surface area contributed by atoms with E-state index in [-0.39, 0.29) is 0 Å². The molecule has 0 aromatic heterocycles. The van der Waals surface area contributed by atoms with Gasteiger partial charge in [0, 0.05) is 0 Å². The topological polar surface area (TPSA) is 9.23 Å². The minimum atomic E-state index is 0.338. The molecule has 0 heterocycles. The van der Waals surface area contributed by atoms with Crippen molar-refractivity contribution in [3.8, 4) is 5.75 Å². The van der Waals surface area contributed by atoms with Crippen molar-refractivity contribution in [1.82, 2.24) is 0 Å². The zero-order chi connectivity index (χ0) is 15.4. The van der Waals surface area contributed by atoms with Crippen LogP contribution in [0.1, 0.15) is 62.5 Å². The second-order valence-corrected chi connectivity index (χ2v) is 8.07. The molecule has 0 bridgehead atoms. The van der Waals surface area contributed by atoms with Crippen LogP contribution in [0.3, 0.4) is 0 Å². The van der Waals surface area contributed by atoms with Gasteiger partial charge in [0.25, 0.3) is 0 Å². The second-order valence-electron chi connectivity index (χ2n) is 8.07.